The minimum atomic E-state index is -0.452. The number of hydrogen-bond donors (Lipinski definition) is 2. The van der Waals surface area contributed by atoms with Gasteiger partial charge in [-0.25, -0.2) is 4.98 Å². The van der Waals surface area contributed by atoms with Gasteiger partial charge in [0.05, 0.1) is 5.69 Å². The average Bonchev–Trinajstić information content (AvgIpc) is 3.30. The molecule has 180 valence electrons. The van der Waals surface area contributed by atoms with E-state index in [1.54, 1.807) is 31.2 Å². The molecule has 1 aliphatic heterocycles. The first-order valence-electron chi connectivity index (χ1n) is 11.4. The van der Waals surface area contributed by atoms with Crippen molar-refractivity contribution in [1.82, 2.24) is 20.7 Å². The first-order valence-corrected chi connectivity index (χ1v) is 12.3. The Kier molecular flexibility index (Phi) is 6.30. The minimum absolute atomic E-state index is 0.0279. The maximum absolute atomic E-state index is 12.9. The molecule has 0 radical (unpaired) electrons. The number of carbonyl (C=O) groups is 4. The van der Waals surface area contributed by atoms with E-state index in [0.29, 0.717) is 27.1 Å². The molecule has 0 aliphatic carbocycles. The fourth-order valence-electron chi connectivity index (χ4n) is 4.24. The molecule has 0 spiro atoms. The molecule has 0 fully saturated rings. The van der Waals surface area contributed by atoms with Gasteiger partial charge in [0.2, 0.25) is 5.91 Å². The van der Waals surface area contributed by atoms with Crippen LogP contribution < -0.4 is 10.9 Å². The predicted molar refractivity (Wildman–Crippen MR) is 136 cm³/mol. The van der Waals surface area contributed by atoms with Crippen molar-refractivity contribution in [2.75, 3.05) is 6.54 Å². The van der Waals surface area contributed by atoms with Crippen molar-refractivity contribution in [1.29, 1.82) is 0 Å². The maximum atomic E-state index is 12.9. The van der Waals surface area contributed by atoms with Gasteiger partial charge in [-0.15, -0.1) is 11.3 Å². The summed E-state index contributed by atoms with van der Waals surface area (Å²) in [4.78, 5) is 56.8. The zero-order chi connectivity index (χ0) is 25.2. The summed E-state index contributed by atoms with van der Waals surface area (Å²) in [6.07, 6.45) is 0.287. The zero-order valence-corrected chi connectivity index (χ0v) is 20.2. The molecule has 5 rings (SSSR count). The summed E-state index contributed by atoms with van der Waals surface area (Å²) in [5.74, 6) is -1.61. The van der Waals surface area contributed by atoms with Gasteiger partial charge in [-0.05, 0) is 30.9 Å². The van der Waals surface area contributed by atoms with Gasteiger partial charge >= 0.3 is 0 Å². The van der Waals surface area contributed by atoms with Crippen molar-refractivity contribution < 1.29 is 19.2 Å². The van der Waals surface area contributed by atoms with E-state index < -0.39 is 11.8 Å². The summed E-state index contributed by atoms with van der Waals surface area (Å²) >= 11 is 1.25. The second-order valence-corrected chi connectivity index (χ2v) is 9.38. The Morgan fingerprint density at radius 1 is 0.889 bits per heavy atom. The van der Waals surface area contributed by atoms with Crippen LogP contribution in [0.15, 0.2) is 66.7 Å². The van der Waals surface area contributed by atoms with Gasteiger partial charge < -0.3 is 0 Å². The average molecular weight is 499 g/mol. The number of nitrogens with zero attached hydrogens (tertiary/aromatic N) is 2. The smallest absolute Gasteiger partial charge is 0.274 e. The van der Waals surface area contributed by atoms with Crippen LogP contribution in [0.2, 0.25) is 0 Å². The lowest BCUT2D eigenvalue weighted by Gasteiger charge is -2.27. The summed E-state index contributed by atoms with van der Waals surface area (Å²) in [5.41, 5.74) is 7.27. The van der Waals surface area contributed by atoms with E-state index >= 15 is 0 Å². The maximum Gasteiger partial charge on any atom is 0.281 e. The summed E-state index contributed by atoms with van der Waals surface area (Å²) in [6, 6.07) is 20.3. The summed E-state index contributed by atoms with van der Waals surface area (Å²) in [6.45, 7) is 1.84. The molecule has 4 amide bonds. The number of imide groups is 1. The van der Waals surface area contributed by atoms with Gasteiger partial charge in [-0.3, -0.25) is 34.9 Å². The molecular weight excluding hydrogens is 476 g/mol. The van der Waals surface area contributed by atoms with Crippen LogP contribution in [0.3, 0.4) is 0 Å². The third-order valence-electron chi connectivity index (χ3n) is 5.98. The lowest BCUT2D eigenvalue weighted by atomic mass is 9.94. The third-order valence-corrected chi connectivity index (χ3v) is 7.19. The van der Waals surface area contributed by atoms with Crippen LogP contribution in [0, 0.1) is 6.92 Å². The van der Waals surface area contributed by atoms with Crippen molar-refractivity contribution >= 4 is 45.7 Å². The summed E-state index contributed by atoms with van der Waals surface area (Å²) in [7, 11) is 0. The van der Waals surface area contributed by atoms with Crippen LogP contribution in [-0.2, 0) is 4.79 Å². The number of amides is 4. The fraction of sp³-hybridized carbons (Fsp3) is 0.148. The number of aryl methyl sites for hydroxylation is 1. The number of benzene rings is 3. The lowest BCUT2D eigenvalue weighted by molar-refractivity contribution is -0.122. The Bertz CT molecular complexity index is 1460. The SMILES string of the molecule is Cc1nc(-c2ccccc2)sc1C(=O)NNC(=O)CCCN1C(=O)c2cccc3cccc(c23)C1=O. The fourth-order valence-corrected chi connectivity index (χ4v) is 5.21. The quantitative estimate of drug-likeness (QED) is 0.307. The number of aromatic nitrogens is 1. The number of thiazole rings is 1. The van der Waals surface area contributed by atoms with Crippen LogP contribution in [0.5, 0.6) is 0 Å². The van der Waals surface area contributed by atoms with Gasteiger partial charge in [0.25, 0.3) is 17.7 Å². The van der Waals surface area contributed by atoms with Crippen molar-refractivity contribution in [2.45, 2.75) is 19.8 Å². The molecule has 36 heavy (non-hydrogen) atoms. The number of nitrogens with one attached hydrogen (secondary N) is 2. The van der Waals surface area contributed by atoms with E-state index in [0.717, 1.165) is 16.0 Å². The molecule has 0 saturated carbocycles. The molecule has 0 bridgehead atoms. The van der Waals surface area contributed by atoms with Crippen molar-refractivity contribution in [3.63, 3.8) is 0 Å². The Morgan fingerprint density at radius 3 is 2.22 bits per heavy atom. The second-order valence-electron chi connectivity index (χ2n) is 8.38. The van der Waals surface area contributed by atoms with Crippen LogP contribution in [0.4, 0.5) is 0 Å². The Labute approximate surface area is 210 Å². The third kappa shape index (κ3) is 4.36. The van der Waals surface area contributed by atoms with Crippen LogP contribution >= 0.6 is 11.3 Å². The highest BCUT2D eigenvalue weighted by Crippen LogP contribution is 2.30. The van der Waals surface area contributed by atoms with Gasteiger partial charge in [0, 0.05) is 35.0 Å². The van der Waals surface area contributed by atoms with Crippen LogP contribution in [0.1, 0.15) is 48.9 Å². The van der Waals surface area contributed by atoms with Gasteiger partial charge in [-0.2, -0.15) is 0 Å². The minimum Gasteiger partial charge on any atom is -0.274 e. The van der Waals surface area contributed by atoms with E-state index in [4.69, 9.17) is 0 Å². The van der Waals surface area contributed by atoms with Gasteiger partial charge in [0.1, 0.15) is 9.88 Å². The molecule has 4 aromatic rings. The zero-order valence-electron chi connectivity index (χ0n) is 19.4. The molecule has 0 atom stereocenters. The molecular formula is C27H22N4O4S. The lowest BCUT2D eigenvalue weighted by Crippen LogP contribution is -2.43. The normalized spacial score (nSPS) is 12.6. The van der Waals surface area contributed by atoms with E-state index in [9.17, 15) is 19.2 Å². The second kappa shape index (κ2) is 9.71. The molecule has 0 unspecified atom stereocenters. The molecule has 2 heterocycles. The van der Waals surface area contributed by atoms with E-state index in [1.165, 1.54) is 16.2 Å². The molecule has 1 aliphatic rings. The number of hydrogen-bond acceptors (Lipinski definition) is 6. The Hall–Kier alpha value is -4.37. The standard InChI is InChI=1S/C27H22N4O4S/c1-16-23(36-25(28-16)18-8-3-2-4-9-18)24(33)30-29-21(32)14-7-15-31-26(34)19-12-5-10-17-11-6-13-20(22(17)19)27(31)35/h2-6,8-13H,7,14-15H2,1H3,(H,29,32)(H,30,33). The highest BCUT2D eigenvalue weighted by atomic mass is 32.1. The van der Waals surface area contributed by atoms with E-state index in [-0.39, 0.29) is 31.2 Å². The van der Waals surface area contributed by atoms with Crippen molar-refractivity contribution in [2.24, 2.45) is 0 Å². The summed E-state index contributed by atoms with van der Waals surface area (Å²) in [5, 5.41) is 2.23. The van der Waals surface area contributed by atoms with E-state index in [2.05, 4.69) is 15.8 Å². The molecule has 9 heteroatoms. The van der Waals surface area contributed by atoms with Crippen molar-refractivity contribution in [3.8, 4) is 10.6 Å². The van der Waals surface area contributed by atoms with E-state index in [1.807, 2.05) is 42.5 Å². The van der Waals surface area contributed by atoms with Gasteiger partial charge in [-0.1, -0.05) is 54.6 Å². The number of hydrazine groups is 1. The van der Waals surface area contributed by atoms with Crippen LogP contribution in [-0.4, -0.2) is 40.1 Å². The first-order chi connectivity index (χ1) is 17.4. The highest BCUT2D eigenvalue weighted by molar-refractivity contribution is 7.17. The predicted octanol–water partition coefficient (Wildman–Crippen LogP) is 4.11. The van der Waals surface area contributed by atoms with Gasteiger partial charge in [0.15, 0.2) is 0 Å². The molecule has 1 aromatic heterocycles. The number of rotatable bonds is 6. The topological polar surface area (TPSA) is 108 Å². The van der Waals surface area contributed by atoms with Crippen LogP contribution in [0.25, 0.3) is 21.3 Å². The Morgan fingerprint density at radius 2 is 1.56 bits per heavy atom. The molecule has 8 nitrogen and oxygen atoms in total. The molecule has 2 N–H and O–H groups in total. The largest absolute Gasteiger partial charge is 0.281 e. The molecule has 3 aromatic carbocycles. The number of carbonyl (C=O) groups excluding carboxylic acids is 4. The summed E-state index contributed by atoms with van der Waals surface area (Å²) < 4.78 is 0. The monoisotopic (exact) mass is 498 g/mol. The first kappa shape index (κ1) is 23.4. The highest BCUT2D eigenvalue weighted by Gasteiger charge is 2.32. The molecule has 0 saturated heterocycles. The van der Waals surface area contributed by atoms with Crippen molar-refractivity contribution in [3.05, 3.63) is 88.4 Å². The Balaban J connectivity index is 1.16.